The normalized spacial score (nSPS) is 12.0. The van der Waals surface area contributed by atoms with Crippen LogP contribution in [0.25, 0.3) is 0 Å². The van der Waals surface area contributed by atoms with Gasteiger partial charge >= 0.3 is 0 Å². The summed E-state index contributed by atoms with van der Waals surface area (Å²) in [6.45, 7) is 21.9. The summed E-state index contributed by atoms with van der Waals surface area (Å²) in [5.41, 5.74) is 9.32. The van der Waals surface area contributed by atoms with Crippen molar-refractivity contribution in [1.29, 1.82) is 0 Å². The molecule has 0 aliphatic rings. The Morgan fingerprint density at radius 3 is 1.34 bits per heavy atom. The van der Waals surface area contributed by atoms with E-state index in [2.05, 4.69) is 99.6 Å². The quantitative estimate of drug-likeness (QED) is 0.214. The van der Waals surface area contributed by atoms with Gasteiger partial charge in [0.25, 0.3) is 0 Å². The molecule has 0 radical (unpaired) electrons. The molecule has 224 valence electrons. The van der Waals surface area contributed by atoms with Gasteiger partial charge in [-0.3, -0.25) is 0 Å². The molecule has 0 aliphatic heterocycles. The topological polar surface area (TPSA) is 38.7 Å². The molecule has 0 saturated heterocycles. The van der Waals surface area contributed by atoms with Gasteiger partial charge < -0.3 is 14.6 Å². The lowest BCUT2D eigenvalue weighted by molar-refractivity contribution is 0.101. The monoisotopic (exact) mass is 558 g/mol. The van der Waals surface area contributed by atoms with Crippen LogP contribution in [0.5, 0.6) is 17.2 Å². The minimum Gasteiger partial charge on any atom is -0.508 e. The molecule has 0 atom stereocenters. The van der Waals surface area contributed by atoms with Gasteiger partial charge in [-0.15, -0.1) is 0 Å². The fourth-order valence-corrected chi connectivity index (χ4v) is 6.49. The molecule has 0 bridgehead atoms. The van der Waals surface area contributed by atoms with Gasteiger partial charge in [0.2, 0.25) is 0 Å². The second-order valence-corrected chi connectivity index (χ2v) is 12.5. The standard InChI is InChI=1S/C38H54O3/c1-11-26-20-22-35(31(15-5)29(26)13-3)40-37(7,8)24-28-18-17-19-34(39)33(28)25-38(9,10)41-36-23-21-27(12-2)30(14-4)32(36)16-6/h17-23,39H,11-16,24-25H2,1-10H3. The number of aromatic hydroxyl groups is 1. The van der Waals surface area contributed by atoms with Crippen molar-refractivity contribution < 1.29 is 14.6 Å². The van der Waals surface area contributed by atoms with Crippen LogP contribution in [0.2, 0.25) is 0 Å². The Bertz CT molecular complexity index is 1320. The molecule has 41 heavy (non-hydrogen) atoms. The van der Waals surface area contributed by atoms with Crippen molar-refractivity contribution in [3.63, 3.8) is 0 Å². The minimum absolute atomic E-state index is 0.316. The molecule has 0 aliphatic carbocycles. The van der Waals surface area contributed by atoms with Crippen LogP contribution >= 0.6 is 0 Å². The van der Waals surface area contributed by atoms with Crippen LogP contribution < -0.4 is 9.47 Å². The fourth-order valence-electron chi connectivity index (χ4n) is 6.49. The Morgan fingerprint density at radius 2 is 0.927 bits per heavy atom. The molecular weight excluding hydrogens is 504 g/mol. The van der Waals surface area contributed by atoms with Gasteiger partial charge in [0.05, 0.1) is 0 Å². The van der Waals surface area contributed by atoms with Crippen LogP contribution in [0.4, 0.5) is 0 Å². The third kappa shape index (κ3) is 7.67. The fraction of sp³-hybridized carbons (Fsp3) is 0.526. The molecule has 3 heteroatoms. The maximum absolute atomic E-state index is 11.1. The van der Waals surface area contributed by atoms with Gasteiger partial charge in [-0.05, 0) is 123 Å². The minimum atomic E-state index is -0.511. The molecule has 3 rings (SSSR count). The second kappa shape index (κ2) is 13.8. The van der Waals surface area contributed by atoms with Crippen LogP contribution in [0.1, 0.15) is 114 Å². The van der Waals surface area contributed by atoms with Crippen LogP contribution in [0.3, 0.4) is 0 Å². The Labute approximate surface area is 250 Å². The van der Waals surface area contributed by atoms with E-state index in [0.29, 0.717) is 18.6 Å². The zero-order chi connectivity index (χ0) is 30.4. The van der Waals surface area contributed by atoms with E-state index in [9.17, 15) is 5.11 Å². The van der Waals surface area contributed by atoms with E-state index in [-0.39, 0.29) is 0 Å². The third-order valence-corrected chi connectivity index (χ3v) is 8.39. The van der Waals surface area contributed by atoms with Crippen molar-refractivity contribution in [3.8, 4) is 17.2 Å². The first-order valence-corrected chi connectivity index (χ1v) is 15.9. The summed E-state index contributed by atoms with van der Waals surface area (Å²) < 4.78 is 13.5. The first kappa shape index (κ1) is 32.6. The summed E-state index contributed by atoms with van der Waals surface area (Å²) >= 11 is 0. The molecule has 3 aromatic carbocycles. The first-order valence-electron chi connectivity index (χ1n) is 15.9. The lowest BCUT2D eigenvalue weighted by Gasteiger charge is -2.32. The molecule has 0 spiro atoms. The van der Waals surface area contributed by atoms with E-state index < -0.39 is 11.2 Å². The van der Waals surface area contributed by atoms with Crippen LogP contribution in [0.15, 0.2) is 42.5 Å². The van der Waals surface area contributed by atoms with Crippen LogP contribution in [-0.2, 0) is 51.4 Å². The predicted molar refractivity (Wildman–Crippen MR) is 174 cm³/mol. The SMILES string of the molecule is CCc1ccc(OC(C)(C)Cc2cccc(O)c2CC(C)(C)Oc2ccc(CC)c(CC)c2CC)c(CC)c1CC. The molecule has 0 heterocycles. The smallest absolute Gasteiger partial charge is 0.123 e. The highest BCUT2D eigenvalue weighted by atomic mass is 16.5. The van der Waals surface area contributed by atoms with Crippen molar-refractivity contribution >= 4 is 0 Å². The molecule has 1 N–H and O–H groups in total. The molecule has 0 aromatic heterocycles. The average Bonchev–Trinajstić information content (AvgIpc) is 2.93. The first-order chi connectivity index (χ1) is 19.4. The Hall–Kier alpha value is -2.94. The lowest BCUT2D eigenvalue weighted by atomic mass is 9.88. The highest BCUT2D eigenvalue weighted by Gasteiger charge is 2.29. The summed E-state index contributed by atoms with van der Waals surface area (Å²) in [6, 6.07) is 14.6. The number of ether oxygens (including phenoxy) is 2. The Balaban J connectivity index is 1.90. The van der Waals surface area contributed by atoms with Crippen molar-refractivity contribution in [2.45, 2.75) is 132 Å². The molecule has 0 saturated carbocycles. The van der Waals surface area contributed by atoms with Gasteiger partial charge in [0.1, 0.15) is 28.5 Å². The number of aryl methyl sites for hydroxylation is 2. The van der Waals surface area contributed by atoms with E-state index in [1.54, 1.807) is 6.07 Å². The number of hydrogen-bond donors (Lipinski definition) is 1. The van der Waals surface area contributed by atoms with E-state index in [0.717, 1.165) is 61.2 Å². The van der Waals surface area contributed by atoms with E-state index in [1.807, 2.05) is 6.07 Å². The van der Waals surface area contributed by atoms with Crippen molar-refractivity contribution in [2.24, 2.45) is 0 Å². The van der Waals surface area contributed by atoms with Crippen molar-refractivity contribution in [2.75, 3.05) is 0 Å². The highest BCUT2D eigenvalue weighted by molar-refractivity contribution is 5.48. The summed E-state index contributed by atoms with van der Waals surface area (Å²) in [4.78, 5) is 0. The molecule has 0 fully saturated rings. The van der Waals surface area contributed by atoms with Crippen molar-refractivity contribution in [3.05, 3.63) is 87.0 Å². The molecule has 3 aromatic rings. The Kier molecular flexibility index (Phi) is 11.0. The second-order valence-electron chi connectivity index (χ2n) is 12.5. The molecular formula is C38H54O3. The summed E-state index contributed by atoms with van der Waals surface area (Å²) in [7, 11) is 0. The molecule has 3 nitrogen and oxygen atoms in total. The van der Waals surface area contributed by atoms with Crippen molar-refractivity contribution in [1.82, 2.24) is 0 Å². The van der Waals surface area contributed by atoms with E-state index in [1.165, 1.54) is 33.4 Å². The summed E-state index contributed by atoms with van der Waals surface area (Å²) in [6.07, 6.45) is 7.24. The van der Waals surface area contributed by atoms with Gasteiger partial charge in [-0.1, -0.05) is 65.8 Å². The van der Waals surface area contributed by atoms with Gasteiger partial charge in [0, 0.05) is 18.4 Å². The largest absolute Gasteiger partial charge is 0.508 e. The lowest BCUT2D eigenvalue weighted by Crippen LogP contribution is -2.34. The maximum Gasteiger partial charge on any atom is 0.123 e. The average molecular weight is 559 g/mol. The van der Waals surface area contributed by atoms with Crippen LogP contribution in [-0.4, -0.2) is 16.3 Å². The Morgan fingerprint density at radius 1 is 0.488 bits per heavy atom. The van der Waals surface area contributed by atoms with Gasteiger partial charge in [0.15, 0.2) is 0 Å². The number of phenols is 1. The van der Waals surface area contributed by atoms with E-state index >= 15 is 0 Å². The molecule has 0 unspecified atom stereocenters. The summed E-state index contributed by atoms with van der Waals surface area (Å²) in [5.74, 6) is 2.25. The zero-order valence-electron chi connectivity index (χ0n) is 27.5. The van der Waals surface area contributed by atoms with Crippen LogP contribution in [0, 0.1) is 0 Å². The van der Waals surface area contributed by atoms with Gasteiger partial charge in [-0.25, -0.2) is 0 Å². The number of rotatable bonds is 14. The maximum atomic E-state index is 11.1. The molecule has 0 amide bonds. The number of hydrogen-bond acceptors (Lipinski definition) is 3. The third-order valence-electron chi connectivity index (χ3n) is 8.39. The highest BCUT2D eigenvalue weighted by Crippen LogP contribution is 2.36. The number of phenolic OH excluding ortho intramolecular Hbond substituents is 1. The zero-order valence-corrected chi connectivity index (χ0v) is 27.5. The summed E-state index contributed by atoms with van der Waals surface area (Å²) in [5, 5.41) is 11.1. The van der Waals surface area contributed by atoms with E-state index in [4.69, 9.17) is 9.47 Å². The number of benzene rings is 3. The predicted octanol–water partition coefficient (Wildman–Crippen LogP) is 9.57. The van der Waals surface area contributed by atoms with Gasteiger partial charge in [-0.2, -0.15) is 0 Å².